The molecule has 1 aromatic rings. The summed E-state index contributed by atoms with van der Waals surface area (Å²) in [7, 11) is 0. The second-order valence-electron chi connectivity index (χ2n) is 13.4. The molecular formula is C35H52N2O3. The van der Waals surface area contributed by atoms with E-state index in [0.717, 1.165) is 50.6 Å². The summed E-state index contributed by atoms with van der Waals surface area (Å²) in [4.78, 5) is 26.1. The van der Waals surface area contributed by atoms with Gasteiger partial charge < -0.3 is 15.8 Å². The number of hydrogen-bond donors (Lipinski definition) is 2. The number of allylic oxidation sites excluding steroid dienone is 1. The Hall–Kier alpha value is -2.40. The van der Waals surface area contributed by atoms with Crippen molar-refractivity contribution in [1.82, 2.24) is 5.32 Å². The van der Waals surface area contributed by atoms with Gasteiger partial charge in [0.1, 0.15) is 0 Å². The number of carbonyl (C=O) groups excluding carboxylic acids is 2. The topological polar surface area (TPSA) is 81.4 Å². The van der Waals surface area contributed by atoms with Gasteiger partial charge in [-0.25, -0.2) is 0 Å². The largest absolute Gasteiger partial charge is 0.381 e. The van der Waals surface area contributed by atoms with Crippen molar-refractivity contribution >= 4 is 11.7 Å². The summed E-state index contributed by atoms with van der Waals surface area (Å²) >= 11 is 0. The van der Waals surface area contributed by atoms with Crippen LogP contribution in [0.5, 0.6) is 0 Å². The maximum absolute atomic E-state index is 14.4. The highest BCUT2D eigenvalue weighted by Gasteiger charge is 2.68. The molecule has 3 N–H and O–H groups in total. The van der Waals surface area contributed by atoms with E-state index in [1.54, 1.807) is 0 Å². The number of rotatable bonds is 16. The third-order valence-electron chi connectivity index (χ3n) is 10.4. The fourth-order valence-corrected chi connectivity index (χ4v) is 8.05. The summed E-state index contributed by atoms with van der Waals surface area (Å²) < 4.78 is 6.30. The number of amides is 1. The predicted molar refractivity (Wildman–Crippen MR) is 162 cm³/mol. The lowest BCUT2D eigenvalue weighted by Crippen LogP contribution is -2.48. The number of Topliss-reactive ketones (excluding diaryl/α,β-unsaturated/α-hetero) is 1. The molecule has 0 saturated heterocycles. The van der Waals surface area contributed by atoms with Crippen LogP contribution in [-0.4, -0.2) is 30.9 Å². The van der Waals surface area contributed by atoms with Gasteiger partial charge >= 0.3 is 0 Å². The van der Waals surface area contributed by atoms with Gasteiger partial charge in [0.25, 0.3) is 0 Å². The zero-order chi connectivity index (χ0) is 28.9. The molecule has 5 heteroatoms. The van der Waals surface area contributed by atoms with Crippen molar-refractivity contribution in [3.05, 3.63) is 60.3 Å². The predicted octanol–water partition coefficient (Wildman–Crippen LogP) is 6.62. The third-order valence-corrected chi connectivity index (χ3v) is 10.4. The highest BCUT2D eigenvalue weighted by molar-refractivity contribution is 5.91. The Labute approximate surface area is 242 Å². The number of ketones is 1. The van der Waals surface area contributed by atoms with E-state index in [0.29, 0.717) is 42.3 Å². The van der Waals surface area contributed by atoms with Crippen molar-refractivity contribution < 1.29 is 14.3 Å². The second-order valence-corrected chi connectivity index (χ2v) is 13.4. The Kier molecular flexibility index (Phi) is 10.3. The fraction of sp³-hybridized carbons (Fsp3) is 0.657. The number of benzene rings is 1. The molecule has 1 amide bonds. The summed E-state index contributed by atoms with van der Waals surface area (Å²) in [6.07, 6.45) is 10.2. The molecule has 0 aliphatic heterocycles. The molecule has 3 fully saturated rings. The van der Waals surface area contributed by atoms with Crippen molar-refractivity contribution in [2.45, 2.75) is 91.0 Å². The number of ether oxygens (including phenoxy) is 1. The number of nitrogens with one attached hydrogen (secondary N) is 1. The van der Waals surface area contributed by atoms with Gasteiger partial charge in [0.2, 0.25) is 5.91 Å². The zero-order valence-electron chi connectivity index (χ0n) is 25.1. The van der Waals surface area contributed by atoms with Crippen LogP contribution < -0.4 is 11.1 Å². The van der Waals surface area contributed by atoms with E-state index in [-0.39, 0.29) is 29.2 Å². The minimum atomic E-state index is -0.419. The van der Waals surface area contributed by atoms with Crippen molar-refractivity contribution in [2.24, 2.45) is 46.7 Å². The maximum Gasteiger partial charge on any atom is 0.244 e. The van der Waals surface area contributed by atoms with Gasteiger partial charge in [0.15, 0.2) is 5.78 Å². The Morgan fingerprint density at radius 1 is 1.10 bits per heavy atom. The first-order chi connectivity index (χ1) is 19.1. The quantitative estimate of drug-likeness (QED) is 0.180. The molecule has 0 bridgehead atoms. The summed E-state index contributed by atoms with van der Waals surface area (Å²) in [5.41, 5.74) is 8.44. The minimum absolute atomic E-state index is 0.0269. The number of primary amides is 1. The number of carbonyl (C=O) groups is 2. The van der Waals surface area contributed by atoms with E-state index in [4.69, 9.17) is 10.5 Å². The Morgan fingerprint density at radius 3 is 2.45 bits per heavy atom. The number of nitrogens with two attached hydrogens (primary N) is 1. The first kappa shape index (κ1) is 30.6. The molecule has 3 aliphatic carbocycles. The molecule has 3 aliphatic rings. The van der Waals surface area contributed by atoms with Crippen LogP contribution in [0.2, 0.25) is 0 Å². The van der Waals surface area contributed by atoms with Crippen LogP contribution in [0.3, 0.4) is 0 Å². The van der Waals surface area contributed by atoms with E-state index in [9.17, 15) is 9.59 Å². The van der Waals surface area contributed by atoms with Crippen molar-refractivity contribution in [1.29, 1.82) is 0 Å². The molecular weight excluding hydrogens is 496 g/mol. The Balaban J connectivity index is 1.42. The number of hydrogen-bond acceptors (Lipinski definition) is 4. The van der Waals surface area contributed by atoms with Crippen LogP contribution in [-0.2, 0) is 20.7 Å². The fourth-order valence-electron chi connectivity index (χ4n) is 8.05. The van der Waals surface area contributed by atoms with E-state index in [2.05, 4.69) is 63.5 Å². The lowest BCUT2D eigenvalue weighted by atomic mass is 9.74. The average molecular weight is 549 g/mol. The molecule has 3 saturated carbocycles. The van der Waals surface area contributed by atoms with Gasteiger partial charge in [-0.05, 0) is 72.7 Å². The zero-order valence-corrected chi connectivity index (χ0v) is 25.1. The summed E-state index contributed by atoms with van der Waals surface area (Å²) in [6.45, 7) is 16.2. The molecule has 6 atom stereocenters. The van der Waals surface area contributed by atoms with Crippen LogP contribution in [0.4, 0.5) is 0 Å². The molecule has 0 heterocycles. The average Bonchev–Trinajstić information content (AvgIpc) is 3.26. The second kappa shape index (κ2) is 13.5. The van der Waals surface area contributed by atoms with Crippen LogP contribution in [0, 0.1) is 40.9 Å². The first-order valence-corrected chi connectivity index (χ1v) is 15.7. The van der Waals surface area contributed by atoms with Crippen LogP contribution in [0.15, 0.2) is 54.8 Å². The molecule has 0 aromatic heterocycles. The molecule has 40 heavy (non-hydrogen) atoms. The highest BCUT2D eigenvalue weighted by atomic mass is 16.5. The lowest BCUT2D eigenvalue weighted by Gasteiger charge is -2.35. The highest BCUT2D eigenvalue weighted by Crippen LogP contribution is 2.70. The van der Waals surface area contributed by atoms with Crippen LogP contribution >= 0.6 is 0 Å². The smallest absolute Gasteiger partial charge is 0.244 e. The third kappa shape index (κ3) is 7.08. The van der Waals surface area contributed by atoms with E-state index in [1.807, 2.05) is 6.07 Å². The molecule has 220 valence electrons. The Bertz CT molecular complexity index is 1040. The Morgan fingerprint density at radius 2 is 1.80 bits per heavy atom. The maximum atomic E-state index is 14.4. The normalized spacial score (nSPS) is 26.9. The van der Waals surface area contributed by atoms with Gasteiger partial charge in [-0.1, -0.05) is 89.9 Å². The summed E-state index contributed by atoms with van der Waals surface area (Å²) in [6, 6.07) is 10.2. The molecule has 5 nitrogen and oxygen atoms in total. The summed E-state index contributed by atoms with van der Waals surface area (Å²) in [5, 5.41) is 3.66. The summed E-state index contributed by atoms with van der Waals surface area (Å²) in [5.74, 6) is 1.79. The van der Waals surface area contributed by atoms with Gasteiger partial charge in [-0.3, -0.25) is 9.59 Å². The van der Waals surface area contributed by atoms with Crippen molar-refractivity contribution in [3.63, 3.8) is 0 Å². The van der Waals surface area contributed by atoms with Gasteiger partial charge in [0, 0.05) is 30.2 Å². The molecule has 6 unspecified atom stereocenters. The van der Waals surface area contributed by atoms with E-state index < -0.39 is 5.91 Å². The van der Waals surface area contributed by atoms with Crippen molar-refractivity contribution in [3.8, 4) is 0 Å². The van der Waals surface area contributed by atoms with Gasteiger partial charge in [-0.2, -0.15) is 0 Å². The molecule has 1 aromatic carbocycles. The molecule has 4 rings (SSSR count). The van der Waals surface area contributed by atoms with E-state index in [1.165, 1.54) is 24.8 Å². The minimum Gasteiger partial charge on any atom is -0.381 e. The lowest BCUT2D eigenvalue weighted by molar-refractivity contribution is -0.129. The van der Waals surface area contributed by atoms with Gasteiger partial charge in [0.05, 0.1) is 12.6 Å². The molecule has 0 radical (unpaired) electrons. The first-order valence-electron chi connectivity index (χ1n) is 15.7. The van der Waals surface area contributed by atoms with Crippen LogP contribution in [0.25, 0.3) is 0 Å². The van der Waals surface area contributed by atoms with Crippen LogP contribution in [0.1, 0.15) is 84.1 Å². The standard InChI is InChI=1S/C35H52N2O3/c1-6-13-26(24(3)34(36)39)18-19-40-22-29-28(21-30-31(29)35(30,4)5)33(38)32(27-16-11-8-12-17-27)37-23(2)20-25-14-9-7-10-15-25/h7,9-10,14-15,26-32,37H,2-3,6,8,11-13,16-22H2,1,4-5H3,(H2,36,39). The van der Waals surface area contributed by atoms with Gasteiger partial charge in [-0.15, -0.1) is 0 Å². The SMILES string of the molecule is C=C(Cc1ccccc1)NC(C(=O)C1CC2C(C1COCCC(CCC)C(=C)C(N)=O)C2(C)C)C1CCCCC1. The van der Waals surface area contributed by atoms with Crippen molar-refractivity contribution in [2.75, 3.05) is 13.2 Å². The molecule has 0 spiro atoms. The monoisotopic (exact) mass is 548 g/mol. The number of fused-ring (bicyclic) bond motifs is 1. The van der Waals surface area contributed by atoms with E-state index >= 15 is 0 Å².